The fourth-order valence-corrected chi connectivity index (χ4v) is 2.48. The number of hydrogen-bond donors (Lipinski definition) is 0. The first-order chi connectivity index (χ1) is 5.81. The van der Waals surface area contributed by atoms with Gasteiger partial charge in [0.25, 0.3) is 0 Å². The quantitative estimate of drug-likeness (QED) is 0.375. The first kappa shape index (κ1) is 8.23. The van der Waals surface area contributed by atoms with Crippen molar-refractivity contribution in [2.24, 2.45) is 5.92 Å². The van der Waals surface area contributed by atoms with E-state index in [4.69, 9.17) is 7.85 Å². The van der Waals surface area contributed by atoms with E-state index in [1.54, 1.807) is 0 Å². The summed E-state index contributed by atoms with van der Waals surface area (Å²) in [5, 5.41) is 0.0851. The largest absolute Gasteiger partial charge is 0.103 e. The summed E-state index contributed by atoms with van der Waals surface area (Å²) in [7, 11) is 6.36. The molecule has 0 aliphatic heterocycles. The van der Waals surface area contributed by atoms with Crippen LogP contribution in [0.25, 0.3) is 0 Å². The van der Waals surface area contributed by atoms with Crippen LogP contribution >= 0.6 is 0 Å². The van der Waals surface area contributed by atoms with Crippen LogP contribution in [0.2, 0.25) is 5.31 Å². The minimum atomic E-state index is 0.0851. The van der Waals surface area contributed by atoms with E-state index >= 15 is 0 Å². The normalized spacial score (nSPS) is 40.5. The van der Waals surface area contributed by atoms with E-state index in [1.807, 2.05) is 0 Å². The first-order valence-corrected chi connectivity index (χ1v) is 5.08. The molecule has 1 saturated carbocycles. The van der Waals surface area contributed by atoms with Crippen LogP contribution < -0.4 is 0 Å². The molecular weight excluding hydrogens is 143 g/mol. The molecular formula is C11H15B. The Morgan fingerprint density at radius 1 is 1.17 bits per heavy atom. The van der Waals surface area contributed by atoms with E-state index in [9.17, 15) is 0 Å². The molecule has 2 atom stereocenters. The highest BCUT2D eigenvalue weighted by Gasteiger charge is 2.34. The van der Waals surface area contributed by atoms with Gasteiger partial charge in [0.1, 0.15) is 0 Å². The van der Waals surface area contributed by atoms with Gasteiger partial charge in [0.05, 0.1) is 7.85 Å². The summed E-state index contributed by atoms with van der Waals surface area (Å²) in [4.78, 5) is 0. The summed E-state index contributed by atoms with van der Waals surface area (Å²) in [6.45, 7) is 0. The molecule has 0 N–H and O–H groups in total. The Kier molecular flexibility index (Phi) is 2.17. The summed E-state index contributed by atoms with van der Waals surface area (Å²) < 4.78 is 0. The second-order valence-electron chi connectivity index (χ2n) is 4.21. The second kappa shape index (κ2) is 3.17. The Hall–Kier alpha value is -0.375. The van der Waals surface area contributed by atoms with E-state index in [1.165, 1.54) is 38.5 Å². The van der Waals surface area contributed by atoms with Crippen molar-refractivity contribution in [1.82, 2.24) is 0 Å². The molecule has 0 bridgehead atoms. The zero-order valence-corrected chi connectivity index (χ0v) is 7.60. The fraction of sp³-hybridized carbons (Fsp3) is 0.818. The van der Waals surface area contributed by atoms with Gasteiger partial charge in [0, 0.05) is 12.3 Å². The second-order valence-corrected chi connectivity index (χ2v) is 4.21. The standard InChI is InChI=1S/C11H15B/c12-11-8-4-1-2-6-10(11)7-3-5-9-11/h10H,1,3-5,7-9H2. The monoisotopic (exact) mass is 158 g/mol. The third kappa shape index (κ3) is 1.40. The van der Waals surface area contributed by atoms with E-state index in [2.05, 4.69) is 11.8 Å². The number of rotatable bonds is 0. The molecule has 0 aromatic heterocycles. The average Bonchev–Trinajstić information content (AvgIpc) is 2.25. The highest BCUT2D eigenvalue weighted by molar-refractivity contribution is 6.15. The van der Waals surface area contributed by atoms with Crippen molar-refractivity contribution in [1.29, 1.82) is 0 Å². The Morgan fingerprint density at radius 3 is 2.92 bits per heavy atom. The molecule has 2 aliphatic rings. The fourth-order valence-electron chi connectivity index (χ4n) is 2.48. The minimum absolute atomic E-state index is 0.0851. The number of hydrogen-bond acceptors (Lipinski definition) is 0. The molecule has 0 spiro atoms. The molecule has 2 unspecified atom stereocenters. The van der Waals surface area contributed by atoms with Crippen LogP contribution in [0.1, 0.15) is 44.9 Å². The summed E-state index contributed by atoms with van der Waals surface area (Å²) in [6, 6.07) is 0. The molecule has 0 saturated heterocycles. The highest BCUT2D eigenvalue weighted by atomic mass is 14.3. The molecule has 0 aromatic carbocycles. The molecule has 2 aliphatic carbocycles. The Bertz CT molecular complexity index is 223. The van der Waals surface area contributed by atoms with Crippen molar-refractivity contribution in [3.8, 4) is 11.8 Å². The smallest absolute Gasteiger partial charge is 0.0763 e. The lowest BCUT2D eigenvalue weighted by Crippen LogP contribution is -2.26. The van der Waals surface area contributed by atoms with Crippen molar-refractivity contribution in [2.75, 3.05) is 0 Å². The molecule has 2 rings (SSSR count). The van der Waals surface area contributed by atoms with E-state index in [0.29, 0.717) is 5.92 Å². The predicted molar refractivity (Wildman–Crippen MR) is 52.0 cm³/mol. The van der Waals surface area contributed by atoms with Crippen molar-refractivity contribution < 1.29 is 0 Å². The van der Waals surface area contributed by atoms with Crippen molar-refractivity contribution >= 4 is 7.85 Å². The number of fused-ring (bicyclic) bond motifs is 1. The molecule has 62 valence electrons. The summed E-state index contributed by atoms with van der Waals surface area (Å²) >= 11 is 0. The lowest BCUT2D eigenvalue weighted by molar-refractivity contribution is 0.296. The SMILES string of the molecule is [B]C12CCCC#CC1CCCC2. The van der Waals surface area contributed by atoms with Gasteiger partial charge in [-0.1, -0.05) is 31.0 Å². The van der Waals surface area contributed by atoms with E-state index in [-0.39, 0.29) is 5.31 Å². The van der Waals surface area contributed by atoms with Crippen molar-refractivity contribution in [3.63, 3.8) is 0 Å². The van der Waals surface area contributed by atoms with Gasteiger partial charge in [-0.05, 0) is 12.8 Å². The van der Waals surface area contributed by atoms with Gasteiger partial charge < -0.3 is 0 Å². The van der Waals surface area contributed by atoms with Crippen LogP contribution in [0, 0.1) is 17.8 Å². The van der Waals surface area contributed by atoms with Gasteiger partial charge in [-0.2, -0.15) is 0 Å². The van der Waals surface area contributed by atoms with Crippen molar-refractivity contribution in [2.45, 2.75) is 50.3 Å². The molecule has 12 heavy (non-hydrogen) atoms. The molecule has 0 heterocycles. The lowest BCUT2D eigenvalue weighted by Gasteiger charge is -2.39. The predicted octanol–water partition coefficient (Wildman–Crippen LogP) is 2.69. The van der Waals surface area contributed by atoms with Crippen LogP contribution in [0.3, 0.4) is 0 Å². The average molecular weight is 158 g/mol. The zero-order chi connectivity index (χ0) is 8.44. The summed E-state index contributed by atoms with van der Waals surface area (Å²) in [5.41, 5.74) is 0. The maximum atomic E-state index is 6.36. The van der Waals surface area contributed by atoms with Gasteiger partial charge in [-0.3, -0.25) is 0 Å². The minimum Gasteiger partial charge on any atom is -0.103 e. The van der Waals surface area contributed by atoms with E-state index < -0.39 is 0 Å². The van der Waals surface area contributed by atoms with Gasteiger partial charge in [-0.15, -0.1) is 11.8 Å². The van der Waals surface area contributed by atoms with Crippen LogP contribution in [-0.4, -0.2) is 7.85 Å². The molecule has 1 heteroatoms. The summed E-state index contributed by atoms with van der Waals surface area (Å²) in [6.07, 6.45) is 8.54. The first-order valence-electron chi connectivity index (χ1n) is 5.08. The molecule has 1 fully saturated rings. The zero-order valence-electron chi connectivity index (χ0n) is 7.60. The third-order valence-corrected chi connectivity index (χ3v) is 3.30. The van der Waals surface area contributed by atoms with Crippen LogP contribution in [-0.2, 0) is 0 Å². The maximum absolute atomic E-state index is 6.36. The lowest BCUT2D eigenvalue weighted by atomic mass is 9.53. The van der Waals surface area contributed by atoms with Gasteiger partial charge >= 0.3 is 0 Å². The van der Waals surface area contributed by atoms with Gasteiger partial charge in [0.2, 0.25) is 0 Å². The van der Waals surface area contributed by atoms with Crippen LogP contribution in [0.5, 0.6) is 0 Å². The van der Waals surface area contributed by atoms with E-state index in [0.717, 1.165) is 6.42 Å². The highest BCUT2D eigenvalue weighted by Crippen LogP contribution is 2.49. The molecule has 0 aromatic rings. The Labute approximate surface area is 76.5 Å². The Morgan fingerprint density at radius 2 is 2.00 bits per heavy atom. The van der Waals surface area contributed by atoms with Gasteiger partial charge in [0.15, 0.2) is 0 Å². The van der Waals surface area contributed by atoms with Gasteiger partial charge in [-0.25, -0.2) is 0 Å². The molecule has 2 radical (unpaired) electrons. The Balaban J connectivity index is 2.18. The third-order valence-electron chi connectivity index (χ3n) is 3.30. The topological polar surface area (TPSA) is 0 Å². The van der Waals surface area contributed by atoms with Crippen molar-refractivity contribution in [3.05, 3.63) is 0 Å². The summed E-state index contributed by atoms with van der Waals surface area (Å²) in [5.74, 6) is 7.10. The maximum Gasteiger partial charge on any atom is 0.0763 e. The molecule has 0 amide bonds. The van der Waals surface area contributed by atoms with Crippen LogP contribution in [0.15, 0.2) is 0 Å². The van der Waals surface area contributed by atoms with Crippen LogP contribution in [0.4, 0.5) is 0 Å². The molecule has 0 nitrogen and oxygen atoms in total.